The van der Waals surface area contributed by atoms with E-state index in [0.29, 0.717) is 62.4 Å². The standard InChI is InChI=1S/C49H48S2/c1-5-13-33(14-6-1)37-21-25-41-45(29-37)50-46-30-38(34-15-7-2-8-16-34)22-26-42(46)49(41)43-27-23-39(35-17-9-3-10-18-35)31-47(43)51-48-32-40(24-28-44(48)49)36-19-11-4-12-20-36/h1-17,19,21,23-29,31,35-36,38,40-41,43-48H,18,20,22,30,32H2. The molecular formula is C49H48S2. The first kappa shape index (κ1) is 32.2. The van der Waals surface area contributed by atoms with Gasteiger partial charge in [0.15, 0.2) is 0 Å². The highest BCUT2D eigenvalue weighted by atomic mass is 32.2. The second-order valence-electron chi connectivity index (χ2n) is 16.0. The van der Waals surface area contributed by atoms with Crippen molar-refractivity contribution >= 4 is 29.1 Å². The number of thioether (sulfide) groups is 2. The largest absolute Gasteiger partial charge is 0.150 e. The molecule has 2 heterocycles. The summed E-state index contributed by atoms with van der Waals surface area (Å²) in [5.41, 5.74) is 7.64. The van der Waals surface area contributed by atoms with Gasteiger partial charge in [-0.15, -0.1) is 23.5 Å². The number of fused-ring (bicyclic) bond motifs is 8. The minimum absolute atomic E-state index is 0.0582. The molecule has 2 fully saturated rings. The zero-order chi connectivity index (χ0) is 33.8. The zero-order valence-corrected chi connectivity index (χ0v) is 30.9. The van der Waals surface area contributed by atoms with Gasteiger partial charge in [0, 0.05) is 44.2 Å². The highest BCUT2D eigenvalue weighted by molar-refractivity contribution is 8.01. The Morgan fingerprint density at radius 1 is 0.588 bits per heavy atom. The molecule has 0 N–H and O–H groups in total. The Morgan fingerprint density at radius 2 is 1.35 bits per heavy atom. The minimum atomic E-state index is 0.0582. The monoisotopic (exact) mass is 700 g/mol. The Labute approximate surface area is 313 Å². The van der Waals surface area contributed by atoms with Gasteiger partial charge in [0.2, 0.25) is 0 Å². The van der Waals surface area contributed by atoms with Crippen LogP contribution in [0.2, 0.25) is 0 Å². The Balaban J connectivity index is 1.12. The van der Waals surface area contributed by atoms with Crippen molar-refractivity contribution in [1.29, 1.82) is 0 Å². The highest BCUT2D eigenvalue weighted by Crippen LogP contribution is 2.70. The molecular weight excluding hydrogens is 653 g/mol. The average Bonchev–Trinajstić information content (AvgIpc) is 3.21. The van der Waals surface area contributed by atoms with Gasteiger partial charge in [0.05, 0.1) is 0 Å². The van der Waals surface area contributed by atoms with E-state index in [4.69, 9.17) is 0 Å². The Kier molecular flexibility index (Phi) is 8.53. The van der Waals surface area contributed by atoms with Gasteiger partial charge in [0.25, 0.3) is 0 Å². The molecule has 2 aromatic carbocycles. The number of hydrogen-bond donors (Lipinski definition) is 0. The Bertz CT molecular complexity index is 1940. The van der Waals surface area contributed by atoms with E-state index in [2.05, 4.69) is 187 Å². The molecule has 0 nitrogen and oxygen atoms in total. The summed E-state index contributed by atoms with van der Waals surface area (Å²) in [4.78, 5) is 0. The molecule has 2 aliphatic heterocycles. The lowest BCUT2D eigenvalue weighted by Gasteiger charge is -2.65. The molecule has 2 saturated heterocycles. The average molecular weight is 701 g/mol. The fraction of sp³-hybridized carbons (Fsp3) is 0.347. The van der Waals surface area contributed by atoms with E-state index < -0.39 is 0 Å². The van der Waals surface area contributed by atoms with Gasteiger partial charge in [-0.25, -0.2) is 0 Å². The summed E-state index contributed by atoms with van der Waals surface area (Å²) in [6.45, 7) is 0. The van der Waals surface area contributed by atoms with E-state index in [1.807, 2.05) is 0 Å². The fourth-order valence-electron chi connectivity index (χ4n) is 11.2. The van der Waals surface area contributed by atoms with Crippen molar-refractivity contribution < 1.29 is 0 Å². The molecule has 0 bridgehead atoms. The van der Waals surface area contributed by atoms with Crippen LogP contribution < -0.4 is 0 Å². The van der Waals surface area contributed by atoms with E-state index in [1.165, 1.54) is 41.5 Å². The normalized spacial score (nSPS) is 40.1. The van der Waals surface area contributed by atoms with Crippen LogP contribution >= 0.6 is 23.5 Å². The van der Waals surface area contributed by atoms with Crippen LogP contribution in [0.3, 0.4) is 0 Å². The van der Waals surface area contributed by atoms with Gasteiger partial charge in [-0.3, -0.25) is 0 Å². The minimum Gasteiger partial charge on any atom is -0.150 e. The molecule has 12 atom stereocenters. The fourth-order valence-corrected chi connectivity index (χ4v) is 15.0. The number of allylic oxidation sites excluding steroid dienone is 17. The van der Waals surface area contributed by atoms with E-state index >= 15 is 0 Å². The molecule has 2 aromatic rings. The maximum Gasteiger partial charge on any atom is 0.0313 e. The predicted octanol–water partition coefficient (Wildman–Crippen LogP) is 12.3. The van der Waals surface area contributed by atoms with Gasteiger partial charge < -0.3 is 0 Å². The smallest absolute Gasteiger partial charge is 0.0313 e. The zero-order valence-electron chi connectivity index (χ0n) is 29.3. The molecule has 6 aliphatic carbocycles. The van der Waals surface area contributed by atoms with Crippen molar-refractivity contribution in [2.75, 3.05) is 0 Å². The van der Waals surface area contributed by atoms with E-state index in [-0.39, 0.29) is 5.41 Å². The molecule has 51 heavy (non-hydrogen) atoms. The first-order valence-electron chi connectivity index (χ1n) is 19.5. The van der Waals surface area contributed by atoms with E-state index in [1.54, 1.807) is 5.57 Å². The molecule has 256 valence electrons. The lowest BCUT2D eigenvalue weighted by atomic mass is 9.48. The van der Waals surface area contributed by atoms with Gasteiger partial charge in [-0.1, -0.05) is 170 Å². The third kappa shape index (κ3) is 5.59. The summed E-state index contributed by atoms with van der Waals surface area (Å²) in [5.74, 6) is 3.76. The van der Waals surface area contributed by atoms with Gasteiger partial charge in [-0.05, 0) is 78.0 Å². The third-order valence-corrected chi connectivity index (χ3v) is 16.6. The summed E-state index contributed by atoms with van der Waals surface area (Å²) >= 11 is 4.63. The SMILES string of the molecule is C1=CCC(C2=CC3SC4CC(C5C=CC=CC5)C=CC4C4(C5=CCC(c6ccccc6)CC5SC5C=C(c6ccccc6)C=CC54)C3C=C2)C=C1. The van der Waals surface area contributed by atoms with Crippen LogP contribution in [0, 0.1) is 40.9 Å². The summed E-state index contributed by atoms with van der Waals surface area (Å²) < 4.78 is 0. The summed E-state index contributed by atoms with van der Waals surface area (Å²) in [5, 5.41) is 2.08. The predicted molar refractivity (Wildman–Crippen MR) is 221 cm³/mol. The first-order valence-corrected chi connectivity index (χ1v) is 21.4. The molecule has 10 rings (SSSR count). The number of rotatable bonds is 4. The molecule has 12 unspecified atom stereocenters. The number of benzene rings is 2. The quantitative estimate of drug-likeness (QED) is 0.291. The molecule has 0 saturated carbocycles. The van der Waals surface area contributed by atoms with Crippen molar-refractivity contribution in [2.24, 2.45) is 40.9 Å². The third-order valence-electron chi connectivity index (χ3n) is 13.5. The van der Waals surface area contributed by atoms with Crippen LogP contribution in [0.5, 0.6) is 0 Å². The van der Waals surface area contributed by atoms with Crippen molar-refractivity contribution in [1.82, 2.24) is 0 Å². The first-order chi connectivity index (χ1) is 25.3. The van der Waals surface area contributed by atoms with Crippen LogP contribution in [-0.4, -0.2) is 21.0 Å². The second kappa shape index (κ2) is 13.5. The van der Waals surface area contributed by atoms with Crippen LogP contribution in [0.1, 0.15) is 49.1 Å². The van der Waals surface area contributed by atoms with E-state index in [0.717, 1.165) is 12.8 Å². The summed E-state index contributed by atoms with van der Waals surface area (Å²) in [6.07, 6.45) is 48.8. The molecule has 0 radical (unpaired) electrons. The van der Waals surface area contributed by atoms with Gasteiger partial charge >= 0.3 is 0 Å². The molecule has 0 amide bonds. The van der Waals surface area contributed by atoms with E-state index in [9.17, 15) is 0 Å². The maximum absolute atomic E-state index is 2.79. The topological polar surface area (TPSA) is 0 Å². The van der Waals surface area contributed by atoms with Crippen molar-refractivity contribution in [3.63, 3.8) is 0 Å². The van der Waals surface area contributed by atoms with Crippen LogP contribution in [0.4, 0.5) is 0 Å². The molecule has 2 heteroatoms. The maximum atomic E-state index is 2.79. The lowest BCUT2D eigenvalue weighted by Crippen LogP contribution is -2.61. The van der Waals surface area contributed by atoms with Crippen molar-refractivity contribution in [3.8, 4) is 0 Å². The summed E-state index contributed by atoms with van der Waals surface area (Å²) in [6, 6.07) is 22.5. The van der Waals surface area contributed by atoms with Crippen LogP contribution in [0.15, 0.2) is 175 Å². The Hall–Kier alpha value is -3.46. The molecule has 1 spiro atoms. The van der Waals surface area contributed by atoms with Gasteiger partial charge in [0.1, 0.15) is 0 Å². The summed E-state index contributed by atoms with van der Waals surface area (Å²) in [7, 11) is 0. The van der Waals surface area contributed by atoms with Crippen LogP contribution in [0.25, 0.3) is 5.57 Å². The molecule has 0 aromatic heterocycles. The number of hydrogen-bond acceptors (Lipinski definition) is 2. The molecule has 8 aliphatic rings. The Morgan fingerprint density at radius 3 is 2.14 bits per heavy atom. The van der Waals surface area contributed by atoms with Crippen LogP contribution in [-0.2, 0) is 0 Å². The second-order valence-corrected chi connectivity index (χ2v) is 18.8. The van der Waals surface area contributed by atoms with Crippen molar-refractivity contribution in [2.45, 2.75) is 59.0 Å². The highest BCUT2D eigenvalue weighted by Gasteiger charge is 2.64. The lowest BCUT2D eigenvalue weighted by molar-refractivity contribution is 0.0869. The van der Waals surface area contributed by atoms with Crippen molar-refractivity contribution in [3.05, 3.63) is 186 Å². The van der Waals surface area contributed by atoms with Gasteiger partial charge in [-0.2, -0.15) is 0 Å².